The molecule has 116 valence electrons. The predicted molar refractivity (Wildman–Crippen MR) is 78.3 cm³/mol. The molecule has 21 heavy (non-hydrogen) atoms. The number of aromatic hydroxyl groups is 1. The highest BCUT2D eigenvalue weighted by molar-refractivity contribution is 5.82. The number of rotatable bonds is 7. The van der Waals surface area contributed by atoms with Gasteiger partial charge in [-0.3, -0.25) is 0 Å². The van der Waals surface area contributed by atoms with Crippen molar-refractivity contribution >= 4 is 12.0 Å². The average molecular weight is 295 g/mol. The van der Waals surface area contributed by atoms with Gasteiger partial charge in [0, 0.05) is 19.5 Å². The Morgan fingerprint density at radius 1 is 1.24 bits per heavy atom. The lowest BCUT2D eigenvalue weighted by Crippen LogP contribution is -2.48. The van der Waals surface area contributed by atoms with Crippen LogP contribution in [0, 0.1) is 0 Å². The second-order valence-electron chi connectivity index (χ2n) is 4.96. The van der Waals surface area contributed by atoms with Gasteiger partial charge in [0.25, 0.3) is 0 Å². The van der Waals surface area contributed by atoms with Crippen molar-refractivity contribution in [2.24, 2.45) is 0 Å². The van der Waals surface area contributed by atoms with Crippen molar-refractivity contribution in [3.8, 4) is 5.75 Å². The highest BCUT2D eigenvalue weighted by Gasteiger charge is 2.20. The first-order valence-electron chi connectivity index (χ1n) is 6.58. The van der Waals surface area contributed by atoms with Crippen molar-refractivity contribution in [2.45, 2.75) is 12.5 Å². The standard InChI is InChI=1S/C14H21N3O4/c1-17(2)8-7-15-14(21)16-12(13(19)20)9-10-3-5-11(18)6-4-10/h3-6,12,18H,7-9H2,1-2H3,(H,19,20)(H2,15,16,21)/t12-/m1/s1. The molecule has 1 aromatic rings. The van der Waals surface area contributed by atoms with Gasteiger partial charge in [0.1, 0.15) is 11.8 Å². The summed E-state index contributed by atoms with van der Waals surface area (Å²) in [6, 6.07) is 4.67. The number of nitrogens with zero attached hydrogens (tertiary/aromatic N) is 1. The second-order valence-corrected chi connectivity index (χ2v) is 4.96. The fourth-order valence-electron chi connectivity index (χ4n) is 1.67. The normalized spacial score (nSPS) is 12.0. The summed E-state index contributed by atoms with van der Waals surface area (Å²) in [5.41, 5.74) is 0.716. The second kappa shape index (κ2) is 8.11. The Labute approximate surface area is 123 Å². The van der Waals surface area contributed by atoms with Gasteiger partial charge in [0.05, 0.1) is 0 Å². The monoisotopic (exact) mass is 295 g/mol. The Morgan fingerprint density at radius 2 is 1.86 bits per heavy atom. The highest BCUT2D eigenvalue weighted by atomic mass is 16.4. The summed E-state index contributed by atoms with van der Waals surface area (Å²) in [5, 5.41) is 23.4. The van der Waals surface area contributed by atoms with Crippen molar-refractivity contribution in [1.29, 1.82) is 0 Å². The molecule has 7 nitrogen and oxygen atoms in total. The summed E-state index contributed by atoms with van der Waals surface area (Å²) in [5.74, 6) is -0.995. The van der Waals surface area contributed by atoms with Crippen LogP contribution < -0.4 is 10.6 Å². The molecule has 1 rings (SSSR count). The largest absolute Gasteiger partial charge is 0.508 e. The van der Waals surface area contributed by atoms with Crippen LogP contribution in [0.4, 0.5) is 4.79 Å². The number of carbonyl (C=O) groups is 2. The lowest BCUT2D eigenvalue weighted by Gasteiger charge is -2.16. The third-order valence-electron chi connectivity index (χ3n) is 2.82. The molecule has 2 amide bonds. The van der Waals surface area contributed by atoms with Gasteiger partial charge in [-0.25, -0.2) is 9.59 Å². The smallest absolute Gasteiger partial charge is 0.326 e. The van der Waals surface area contributed by atoms with Crippen molar-refractivity contribution in [3.05, 3.63) is 29.8 Å². The van der Waals surface area contributed by atoms with Crippen LogP contribution in [0.25, 0.3) is 0 Å². The maximum Gasteiger partial charge on any atom is 0.326 e. The Bertz CT molecular complexity index is 474. The maximum atomic E-state index is 11.6. The molecule has 7 heteroatoms. The van der Waals surface area contributed by atoms with E-state index in [4.69, 9.17) is 5.11 Å². The van der Waals surface area contributed by atoms with Crippen LogP contribution in [0.5, 0.6) is 5.75 Å². The Morgan fingerprint density at radius 3 is 2.38 bits per heavy atom. The Kier molecular flexibility index (Phi) is 6.48. The summed E-state index contributed by atoms with van der Waals surface area (Å²) in [4.78, 5) is 24.7. The number of carbonyl (C=O) groups excluding carboxylic acids is 1. The lowest BCUT2D eigenvalue weighted by atomic mass is 10.1. The molecule has 0 unspecified atom stereocenters. The summed E-state index contributed by atoms with van der Waals surface area (Å²) in [7, 11) is 3.76. The highest BCUT2D eigenvalue weighted by Crippen LogP contribution is 2.11. The zero-order valence-electron chi connectivity index (χ0n) is 12.2. The van der Waals surface area contributed by atoms with E-state index in [1.165, 1.54) is 12.1 Å². The number of amides is 2. The third-order valence-corrected chi connectivity index (χ3v) is 2.82. The van der Waals surface area contributed by atoms with Crippen LogP contribution in [-0.4, -0.2) is 60.3 Å². The number of likely N-dealkylation sites (N-methyl/N-ethyl adjacent to an activating group) is 1. The van der Waals surface area contributed by atoms with Gasteiger partial charge in [0.2, 0.25) is 0 Å². The molecular formula is C14H21N3O4. The van der Waals surface area contributed by atoms with Crippen LogP contribution in [0.2, 0.25) is 0 Å². The SMILES string of the molecule is CN(C)CCNC(=O)N[C@H](Cc1ccc(O)cc1)C(=O)O. The van der Waals surface area contributed by atoms with Crippen molar-refractivity contribution in [2.75, 3.05) is 27.2 Å². The fourth-order valence-corrected chi connectivity index (χ4v) is 1.67. The van der Waals surface area contributed by atoms with Crippen molar-refractivity contribution in [1.82, 2.24) is 15.5 Å². The van der Waals surface area contributed by atoms with Gasteiger partial charge in [-0.05, 0) is 31.8 Å². The molecule has 0 aliphatic rings. The molecule has 4 N–H and O–H groups in total. The molecule has 0 aliphatic carbocycles. The molecule has 0 aromatic heterocycles. The number of hydrogen-bond donors (Lipinski definition) is 4. The summed E-state index contributed by atoms with van der Waals surface area (Å²) >= 11 is 0. The number of urea groups is 1. The van der Waals surface area contributed by atoms with Gasteiger partial charge >= 0.3 is 12.0 Å². The van der Waals surface area contributed by atoms with Crippen LogP contribution >= 0.6 is 0 Å². The van der Waals surface area contributed by atoms with Gasteiger partial charge in [0.15, 0.2) is 0 Å². The number of benzene rings is 1. The first kappa shape index (κ1) is 16.8. The Balaban J connectivity index is 2.51. The van der Waals surface area contributed by atoms with Crippen LogP contribution in [0.3, 0.4) is 0 Å². The topological polar surface area (TPSA) is 102 Å². The van der Waals surface area contributed by atoms with Crippen LogP contribution in [0.15, 0.2) is 24.3 Å². The zero-order chi connectivity index (χ0) is 15.8. The number of carboxylic acids is 1. The number of hydrogen-bond acceptors (Lipinski definition) is 4. The van der Waals surface area contributed by atoms with Gasteiger partial charge in [-0.15, -0.1) is 0 Å². The molecule has 0 heterocycles. The first-order valence-corrected chi connectivity index (χ1v) is 6.58. The van der Waals surface area contributed by atoms with E-state index in [1.54, 1.807) is 12.1 Å². The van der Waals surface area contributed by atoms with Gasteiger partial charge < -0.3 is 25.7 Å². The van der Waals surface area contributed by atoms with E-state index in [1.807, 2.05) is 19.0 Å². The Hall–Kier alpha value is -2.28. The average Bonchev–Trinajstić information content (AvgIpc) is 2.40. The third kappa shape index (κ3) is 6.62. The number of nitrogens with one attached hydrogen (secondary N) is 2. The molecule has 0 fully saturated rings. The fraction of sp³-hybridized carbons (Fsp3) is 0.429. The molecule has 1 atom stereocenters. The van der Waals surface area contributed by atoms with E-state index in [9.17, 15) is 14.7 Å². The molecule has 0 saturated heterocycles. The number of phenolic OH excluding ortho intramolecular Hbond substituents is 1. The lowest BCUT2D eigenvalue weighted by molar-refractivity contribution is -0.139. The minimum Gasteiger partial charge on any atom is -0.508 e. The molecule has 0 saturated carbocycles. The molecule has 1 aromatic carbocycles. The van der Waals surface area contributed by atoms with Crippen LogP contribution in [-0.2, 0) is 11.2 Å². The summed E-state index contributed by atoms with van der Waals surface area (Å²) in [6.07, 6.45) is 0.150. The number of phenols is 1. The van der Waals surface area contributed by atoms with E-state index in [0.29, 0.717) is 18.7 Å². The van der Waals surface area contributed by atoms with E-state index in [2.05, 4.69) is 10.6 Å². The van der Waals surface area contributed by atoms with Gasteiger partial charge in [-0.1, -0.05) is 12.1 Å². The molecule has 0 radical (unpaired) electrons. The molecule has 0 bridgehead atoms. The van der Waals surface area contributed by atoms with E-state index < -0.39 is 18.0 Å². The van der Waals surface area contributed by atoms with E-state index >= 15 is 0 Å². The summed E-state index contributed by atoms with van der Waals surface area (Å²) < 4.78 is 0. The zero-order valence-corrected chi connectivity index (χ0v) is 12.2. The molecular weight excluding hydrogens is 274 g/mol. The van der Waals surface area contributed by atoms with Crippen molar-refractivity contribution in [3.63, 3.8) is 0 Å². The van der Waals surface area contributed by atoms with E-state index in [0.717, 1.165) is 0 Å². The molecule has 0 aliphatic heterocycles. The first-order chi connectivity index (χ1) is 9.88. The van der Waals surface area contributed by atoms with E-state index in [-0.39, 0.29) is 12.2 Å². The number of aliphatic carboxylic acids is 1. The minimum atomic E-state index is -1.11. The maximum absolute atomic E-state index is 11.6. The van der Waals surface area contributed by atoms with Gasteiger partial charge in [-0.2, -0.15) is 0 Å². The van der Waals surface area contributed by atoms with Crippen molar-refractivity contribution < 1.29 is 19.8 Å². The predicted octanol–water partition coefficient (Wildman–Crippen LogP) is 0.249. The molecule has 0 spiro atoms. The van der Waals surface area contributed by atoms with Crippen LogP contribution in [0.1, 0.15) is 5.56 Å². The quantitative estimate of drug-likeness (QED) is 0.577. The summed E-state index contributed by atoms with van der Waals surface area (Å²) in [6.45, 7) is 1.10. The number of carboxylic acid groups (broad SMARTS) is 1. The minimum absolute atomic E-state index is 0.111.